The number of aliphatic carboxylic acids is 1. The number of benzene rings is 1. The van der Waals surface area contributed by atoms with Crippen molar-refractivity contribution < 1.29 is 9.90 Å². The van der Waals surface area contributed by atoms with Crippen molar-refractivity contribution in [1.82, 2.24) is 9.97 Å². The molecular weight excluding hydrogens is 314 g/mol. The van der Waals surface area contributed by atoms with Crippen molar-refractivity contribution in [3.8, 4) is 11.8 Å². The molecule has 0 amide bonds. The number of carboxylic acid groups (broad SMARTS) is 1. The molecular formula is C20H17N3O2. The van der Waals surface area contributed by atoms with E-state index in [0.717, 1.165) is 5.56 Å². The van der Waals surface area contributed by atoms with Crippen LogP contribution >= 0.6 is 0 Å². The van der Waals surface area contributed by atoms with Crippen molar-refractivity contribution in [2.75, 3.05) is 5.73 Å². The molecule has 2 aromatic rings. The minimum Gasteiger partial charge on any atom is -0.478 e. The summed E-state index contributed by atoms with van der Waals surface area (Å²) < 4.78 is 0. The molecule has 0 spiro atoms. The van der Waals surface area contributed by atoms with Crippen LogP contribution in [0.1, 0.15) is 24.5 Å². The van der Waals surface area contributed by atoms with Gasteiger partial charge in [-0.1, -0.05) is 43.0 Å². The first-order valence-corrected chi connectivity index (χ1v) is 7.89. The number of aromatic nitrogens is 2. The van der Waals surface area contributed by atoms with Crippen molar-refractivity contribution in [2.45, 2.75) is 13.3 Å². The minimum absolute atomic E-state index is 0.118. The van der Waals surface area contributed by atoms with Crippen LogP contribution in [0.3, 0.4) is 0 Å². The Labute approximate surface area is 145 Å². The molecule has 1 atom stereocenters. The molecule has 5 heteroatoms. The highest BCUT2D eigenvalue weighted by molar-refractivity contribution is 6.03. The van der Waals surface area contributed by atoms with Gasteiger partial charge in [0.05, 0.1) is 0 Å². The van der Waals surface area contributed by atoms with E-state index in [4.69, 9.17) is 5.73 Å². The number of hydrogen-bond acceptors (Lipinski definition) is 4. The molecule has 1 aromatic carbocycles. The third-order valence-corrected chi connectivity index (χ3v) is 4.01. The number of nitrogen functional groups attached to an aromatic ring is 1. The Morgan fingerprint density at radius 2 is 1.88 bits per heavy atom. The van der Waals surface area contributed by atoms with E-state index in [-0.39, 0.29) is 11.9 Å². The molecule has 1 aliphatic rings. The zero-order valence-electron chi connectivity index (χ0n) is 13.7. The SMILES string of the molecule is CC1CC=C(C#Cc2ccccc2)C(c2cnc(N)nc2)=C1C(=O)O. The standard InChI is InChI=1S/C20H17N3O2/c1-13-7-9-15(10-8-14-5-3-2-4-6-14)18(17(13)19(24)25)16-11-22-20(21)23-12-16/h2-6,9,11-13H,7H2,1H3,(H,24,25)(H2,21,22,23). The summed E-state index contributed by atoms with van der Waals surface area (Å²) in [7, 11) is 0. The van der Waals surface area contributed by atoms with Crippen molar-refractivity contribution in [3.63, 3.8) is 0 Å². The Bertz CT molecular complexity index is 917. The summed E-state index contributed by atoms with van der Waals surface area (Å²) in [5.41, 5.74) is 8.59. The van der Waals surface area contributed by atoms with Gasteiger partial charge in [0, 0.05) is 40.2 Å². The van der Waals surface area contributed by atoms with Gasteiger partial charge in [-0.15, -0.1) is 0 Å². The number of carbonyl (C=O) groups is 1. The van der Waals surface area contributed by atoms with Gasteiger partial charge in [0.2, 0.25) is 5.95 Å². The first-order valence-electron chi connectivity index (χ1n) is 7.89. The molecule has 1 aromatic heterocycles. The molecule has 1 unspecified atom stereocenters. The number of carboxylic acids is 1. The first kappa shape index (κ1) is 16.5. The summed E-state index contributed by atoms with van der Waals surface area (Å²) in [5.74, 6) is 5.27. The molecule has 0 aliphatic heterocycles. The molecule has 124 valence electrons. The van der Waals surface area contributed by atoms with Crippen molar-refractivity contribution in [1.29, 1.82) is 0 Å². The van der Waals surface area contributed by atoms with Crippen LogP contribution in [0.2, 0.25) is 0 Å². The van der Waals surface area contributed by atoms with Gasteiger partial charge < -0.3 is 10.8 Å². The molecule has 3 N–H and O–H groups in total. The second-order valence-corrected chi connectivity index (χ2v) is 5.79. The third kappa shape index (κ3) is 3.59. The maximum atomic E-state index is 11.8. The Morgan fingerprint density at radius 3 is 2.52 bits per heavy atom. The molecule has 0 fully saturated rings. The van der Waals surface area contributed by atoms with E-state index in [1.807, 2.05) is 43.3 Å². The second-order valence-electron chi connectivity index (χ2n) is 5.79. The molecule has 0 bridgehead atoms. The van der Waals surface area contributed by atoms with Crippen molar-refractivity contribution in [2.24, 2.45) is 5.92 Å². The van der Waals surface area contributed by atoms with Crippen LogP contribution in [-0.4, -0.2) is 21.0 Å². The predicted octanol–water partition coefficient (Wildman–Crippen LogP) is 2.91. The third-order valence-electron chi connectivity index (χ3n) is 4.01. The molecule has 25 heavy (non-hydrogen) atoms. The van der Waals surface area contributed by atoms with Gasteiger partial charge in [0.15, 0.2) is 0 Å². The average molecular weight is 331 g/mol. The van der Waals surface area contributed by atoms with Crippen LogP contribution in [0, 0.1) is 17.8 Å². The maximum Gasteiger partial charge on any atom is 0.332 e. The Kier molecular flexibility index (Phi) is 4.62. The smallest absolute Gasteiger partial charge is 0.332 e. The number of allylic oxidation sites excluding steroid dienone is 3. The van der Waals surface area contributed by atoms with Gasteiger partial charge in [0.1, 0.15) is 0 Å². The molecule has 0 radical (unpaired) electrons. The lowest BCUT2D eigenvalue weighted by atomic mass is 9.81. The number of anilines is 1. The predicted molar refractivity (Wildman–Crippen MR) is 96.2 cm³/mol. The zero-order chi connectivity index (χ0) is 17.8. The number of rotatable bonds is 2. The number of nitrogens with two attached hydrogens (primary N) is 1. The molecule has 3 rings (SSSR count). The zero-order valence-corrected chi connectivity index (χ0v) is 13.7. The van der Waals surface area contributed by atoms with Crippen LogP contribution in [0.15, 0.2) is 59.9 Å². The van der Waals surface area contributed by atoms with E-state index in [1.165, 1.54) is 12.4 Å². The van der Waals surface area contributed by atoms with Crippen molar-refractivity contribution >= 4 is 17.5 Å². The second kappa shape index (κ2) is 7.02. The minimum atomic E-state index is -0.952. The van der Waals surface area contributed by atoms with Gasteiger partial charge in [-0.25, -0.2) is 14.8 Å². The highest BCUT2D eigenvalue weighted by Crippen LogP contribution is 2.36. The van der Waals surface area contributed by atoms with Crippen LogP contribution in [0.4, 0.5) is 5.95 Å². The summed E-state index contributed by atoms with van der Waals surface area (Å²) >= 11 is 0. The molecule has 5 nitrogen and oxygen atoms in total. The van der Waals surface area contributed by atoms with Crippen LogP contribution < -0.4 is 5.73 Å². The Morgan fingerprint density at radius 1 is 1.20 bits per heavy atom. The topological polar surface area (TPSA) is 89.1 Å². The van der Waals surface area contributed by atoms with Crippen LogP contribution in [0.5, 0.6) is 0 Å². The fraction of sp³-hybridized carbons (Fsp3) is 0.150. The summed E-state index contributed by atoms with van der Waals surface area (Å²) in [6, 6.07) is 9.56. The van der Waals surface area contributed by atoms with Crippen molar-refractivity contribution in [3.05, 3.63) is 71.1 Å². The molecule has 0 saturated carbocycles. The van der Waals surface area contributed by atoms with Gasteiger partial charge in [-0.3, -0.25) is 0 Å². The fourth-order valence-corrected chi connectivity index (χ4v) is 2.78. The average Bonchev–Trinajstić information content (AvgIpc) is 2.61. The van der Waals surface area contributed by atoms with Gasteiger partial charge in [-0.2, -0.15) is 0 Å². The number of hydrogen-bond donors (Lipinski definition) is 2. The highest BCUT2D eigenvalue weighted by atomic mass is 16.4. The Balaban J connectivity index is 2.12. The van der Waals surface area contributed by atoms with Crippen LogP contribution in [-0.2, 0) is 4.79 Å². The highest BCUT2D eigenvalue weighted by Gasteiger charge is 2.27. The summed E-state index contributed by atoms with van der Waals surface area (Å²) in [4.78, 5) is 19.8. The Hall–Kier alpha value is -3.39. The molecule has 1 aliphatic carbocycles. The molecule has 0 saturated heterocycles. The van der Waals surface area contributed by atoms with Crippen LogP contribution in [0.25, 0.3) is 5.57 Å². The summed E-state index contributed by atoms with van der Waals surface area (Å²) in [5, 5.41) is 9.70. The van der Waals surface area contributed by atoms with E-state index in [2.05, 4.69) is 21.8 Å². The van der Waals surface area contributed by atoms with Gasteiger partial charge in [0.25, 0.3) is 0 Å². The summed E-state index contributed by atoms with van der Waals surface area (Å²) in [6.45, 7) is 1.89. The van der Waals surface area contributed by atoms with Gasteiger partial charge in [-0.05, 0) is 24.5 Å². The van der Waals surface area contributed by atoms with E-state index in [9.17, 15) is 9.90 Å². The quantitative estimate of drug-likeness (QED) is 0.826. The lowest BCUT2D eigenvalue weighted by Crippen LogP contribution is -2.16. The lowest BCUT2D eigenvalue weighted by molar-refractivity contribution is -0.133. The van der Waals surface area contributed by atoms with E-state index in [0.29, 0.717) is 28.7 Å². The summed E-state index contributed by atoms with van der Waals surface area (Å²) in [6.07, 6.45) is 5.67. The van der Waals surface area contributed by atoms with Gasteiger partial charge >= 0.3 is 5.97 Å². The first-order chi connectivity index (χ1) is 12.1. The molecule has 1 heterocycles. The lowest BCUT2D eigenvalue weighted by Gasteiger charge is -2.22. The largest absolute Gasteiger partial charge is 0.478 e. The van der Waals surface area contributed by atoms with E-state index < -0.39 is 5.97 Å². The number of nitrogens with zero attached hydrogens (tertiary/aromatic N) is 2. The maximum absolute atomic E-state index is 11.8. The monoisotopic (exact) mass is 331 g/mol. The normalized spacial score (nSPS) is 16.7. The van der Waals surface area contributed by atoms with E-state index >= 15 is 0 Å². The van der Waals surface area contributed by atoms with E-state index in [1.54, 1.807) is 0 Å². The fourth-order valence-electron chi connectivity index (χ4n) is 2.78.